The molecule has 0 radical (unpaired) electrons. The zero-order valence-corrected chi connectivity index (χ0v) is 64.3. The predicted octanol–water partition coefficient (Wildman–Crippen LogP) is 22.9. The molecule has 0 spiro atoms. The molecule has 96 heavy (non-hydrogen) atoms. The molecule has 17 nitrogen and oxygen atoms in total. The van der Waals surface area contributed by atoms with Gasteiger partial charge in [-0.2, -0.15) is 0 Å². The molecular formula is C77H150O17P2. The number of rotatable bonds is 77. The van der Waals surface area contributed by atoms with E-state index in [1.807, 2.05) is 0 Å². The Balaban J connectivity index is 5.16. The van der Waals surface area contributed by atoms with Crippen LogP contribution >= 0.6 is 15.6 Å². The molecule has 0 saturated heterocycles. The Hall–Kier alpha value is -1.94. The third-order valence-corrected chi connectivity index (χ3v) is 19.9. The van der Waals surface area contributed by atoms with Crippen LogP contribution in [0.1, 0.15) is 407 Å². The Morgan fingerprint density at radius 2 is 0.479 bits per heavy atom. The summed E-state index contributed by atoms with van der Waals surface area (Å²) >= 11 is 0. The maximum absolute atomic E-state index is 13.1. The first kappa shape index (κ1) is 94.1. The van der Waals surface area contributed by atoms with E-state index < -0.39 is 97.5 Å². The summed E-state index contributed by atoms with van der Waals surface area (Å²) in [5, 5.41) is 10.6. The fourth-order valence-corrected chi connectivity index (χ4v) is 13.5. The van der Waals surface area contributed by atoms with Crippen molar-refractivity contribution in [1.29, 1.82) is 0 Å². The first-order chi connectivity index (χ1) is 46.5. The molecular weight excluding hydrogens is 1260 g/mol. The lowest BCUT2D eigenvalue weighted by atomic mass is 10.0. The summed E-state index contributed by atoms with van der Waals surface area (Å²) in [5.74, 6) is -1.40. The van der Waals surface area contributed by atoms with Gasteiger partial charge in [0.05, 0.1) is 26.4 Å². The van der Waals surface area contributed by atoms with Crippen LogP contribution in [0.2, 0.25) is 0 Å². The van der Waals surface area contributed by atoms with Gasteiger partial charge in [0.1, 0.15) is 19.3 Å². The minimum absolute atomic E-state index is 0.105. The highest BCUT2D eigenvalue weighted by molar-refractivity contribution is 7.47. The van der Waals surface area contributed by atoms with E-state index in [0.717, 1.165) is 102 Å². The van der Waals surface area contributed by atoms with E-state index in [-0.39, 0.29) is 25.7 Å². The fourth-order valence-electron chi connectivity index (χ4n) is 11.9. The summed E-state index contributed by atoms with van der Waals surface area (Å²) in [6, 6.07) is 0. The number of phosphoric ester groups is 2. The van der Waals surface area contributed by atoms with E-state index in [9.17, 15) is 43.2 Å². The summed E-state index contributed by atoms with van der Waals surface area (Å²) in [5.41, 5.74) is 0. The minimum Gasteiger partial charge on any atom is -0.462 e. The van der Waals surface area contributed by atoms with Gasteiger partial charge in [0, 0.05) is 25.7 Å². The van der Waals surface area contributed by atoms with Crippen LogP contribution in [-0.4, -0.2) is 96.7 Å². The summed E-state index contributed by atoms with van der Waals surface area (Å²) in [6.07, 6.45) is 59.9. The average molecular weight is 1410 g/mol. The van der Waals surface area contributed by atoms with Gasteiger partial charge < -0.3 is 33.8 Å². The zero-order chi connectivity index (χ0) is 70.5. The number of esters is 4. The monoisotopic (exact) mass is 1410 g/mol. The molecule has 0 fully saturated rings. The number of phosphoric acid groups is 2. The number of carbonyl (C=O) groups is 4. The van der Waals surface area contributed by atoms with Crippen molar-refractivity contribution in [2.24, 2.45) is 5.92 Å². The lowest BCUT2D eigenvalue weighted by molar-refractivity contribution is -0.161. The van der Waals surface area contributed by atoms with Crippen molar-refractivity contribution >= 4 is 39.5 Å². The molecule has 0 rings (SSSR count). The molecule has 0 bridgehead atoms. The van der Waals surface area contributed by atoms with Crippen LogP contribution in [0, 0.1) is 5.92 Å². The van der Waals surface area contributed by atoms with Crippen molar-refractivity contribution in [3.8, 4) is 0 Å². The van der Waals surface area contributed by atoms with Crippen molar-refractivity contribution in [3.63, 3.8) is 0 Å². The number of aliphatic hydroxyl groups is 1. The molecule has 0 aliphatic rings. The lowest BCUT2D eigenvalue weighted by Gasteiger charge is -2.21. The molecule has 5 atom stereocenters. The van der Waals surface area contributed by atoms with Crippen LogP contribution < -0.4 is 0 Å². The van der Waals surface area contributed by atoms with Crippen LogP contribution in [0.5, 0.6) is 0 Å². The largest absolute Gasteiger partial charge is 0.472 e. The second-order valence-corrected chi connectivity index (χ2v) is 31.1. The highest BCUT2D eigenvalue weighted by Gasteiger charge is 2.30. The molecule has 0 saturated carbocycles. The normalized spacial score (nSPS) is 13.9. The number of carbonyl (C=O) groups excluding carboxylic acids is 4. The quantitative estimate of drug-likeness (QED) is 0.0222. The molecule has 0 aliphatic carbocycles. The third kappa shape index (κ3) is 70.5. The van der Waals surface area contributed by atoms with Gasteiger partial charge in [-0.25, -0.2) is 9.13 Å². The number of aliphatic hydroxyl groups excluding tert-OH is 1. The van der Waals surface area contributed by atoms with Crippen LogP contribution in [0.25, 0.3) is 0 Å². The van der Waals surface area contributed by atoms with E-state index >= 15 is 0 Å². The number of ether oxygens (including phenoxy) is 4. The summed E-state index contributed by atoms with van der Waals surface area (Å²) < 4.78 is 68.4. The molecule has 0 amide bonds. The Labute approximate surface area is 588 Å². The Kier molecular flexibility index (Phi) is 68.7. The van der Waals surface area contributed by atoms with Crippen molar-refractivity contribution < 1.29 is 80.2 Å². The van der Waals surface area contributed by atoms with E-state index in [0.29, 0.717) is 25.7 Å². The van der Waals surface area contributed by atoms with Crippen molar-refractivity contribution in [1.82, 2.24) is 0 Å². The Bertz CT molecular complexity index is 1840. The van der Waals surface area contributed by atoms with Gasteiger partial charge in [-0.3, -0.25) is 37.3 Å². The van der Waals surface area contributed by atoms with Crippen molar-refractivity contribution in [2.45, 2.75) is 425 Å². The smallest absolute Gasteiger partial charge is 0.462 e. The molecule has 0 heterocycles. The standard InChI is InChI=1S/C77H150O17P2/c1-6-9-12-15-18-21-23-25-27-28-29-30-31-32-33-35-37-39-41-47-52-57-62-76(81)93-73(67-88-75(80)61-56-51-46-40-38-36-34-26-24-22-19-16-13-10-7-2)69-92-96(85,86)90-65-71(78)64-89-95(83,84)91-68-72(66-87-74(79)60-55-50-45-20-17-14-11-8-3)94-77(82)63-58-53-48-43-42-44-49-54-59-70(4)5/h70-73,78H,6-69H2,1-5H3,(H,83,84)(H,85,86)/t71-,72+,73+/m0/s1. The predicted molar refractivity (Wildman–Crippen MR) is 391 cm³/mol. The van der Waals surface area contributed by atoms with Gasteiger partial charge in [0.15, 0.2) is 12.2 Å². The van der Waals surface area contributed by atoms with Gasteiger partial charge in [-0.1, -0.05) is 356 Å². The molecule has 0 aromatic carbocycles. The van der Waals surface area contributed by atoms with E-state index in [2.05, 4.69) is 34.6 Å². The maximum Gasteiger partial charge on any atom is 0.472 e. The highest BCUT2D eigenvalue weighted by atomic mass is 31.2. The first-order valence-electron chi connectivity index (χ1n) is 40.1. The zero-order valence-electron chi connectivity index (χ0n) is 62.5. The van der Waals surface area contributed by atoms with E-state index in [1.54, 1.807) is 0 Å². The molecule has 2 unspecified atom stereocenters. The summed E-state index contributed by atoms with van der Waals surface area (Å²) in [4.78, 5) is 72.7. The molecule has 570 valence electrons. The molecule has 0 aromatic heterocycles. The topological polar surface area (TPSA) is 237 Å². The lowest BCUT2D eigenvalue weighted by Crippen LogP contribution is -2.30. The third-order valence-electron chi connectivity index (χ3n) is 18.0. The second kappa shape index (κ2) is 70.1. The van der Waals surface area contributed by atoms with E-state index in [4.69, 9.17) is 37.0 Å². The highest BCUT2D eigenvalue weighted by Crippen LogP contribution is 2.45. The van der Waals surface area contributed by atoms with Gasteiger partial charge in [0.2, 0.25) is 0 Å². The molecule has 3 N–H and O–H groups in total. The minimum atomic E-state index is -4.96. The van der Waals surface area contributed by atoms with Crippen LogP contribution in [0.4, 0.5) is 0 Å². The number of hydrogen-bond acceptors (Lipinski definition) is 15. The maximum atomic E-state index is 13.1. The Morgan fingerprint density at radius 3 is 0.708 bits per heavy atom. The summed E-state index contributed by atoms with van der Waals surface area (Å²) in [7, 11) is -9.91. The second-order valence-electron chi connectivity index (χ2n) is 28.2. The Morgan fingerprint density at radius 1 is 0.281 bits per heavy atom. The van der Waals surface area contributed by atoms with Crippen molar-refractivity contribution in [3.05, 3.63) is 0 Å². The molecule has 19 heteroatoms. The van der Waals surface area contributed by atoms with Gasteiger partial charge in [-0.05, 0) is 31.6 Å². The first-order valence-corrected chi connectivity index (χ1v) is 43.1. The molecule has 0 aromatic rings. The molecule has 0 aliphatic heterocycles. The van der Waals surface area contributed by atoms with Crippen LogP contribution in [0.15, 0.2) is 0 Å². The number of hydrogen-bond donors (Lipinski definition) is 3. The van der Waals surface area contributed by atoms with Gasteiger partial charge in [-0.15, -0.1) is 0 Å². The average Bonchev–Trinajstić information content (AvgIpc) is 1.33. The fraction of sp³-hybridized carbons (Fsp3) is 0.948. The summed E-state index contributed by atoms with van der Waals surface area (Å²) in [6.45, 7) is 7.22. The van der Waals surface area contributed by atoms with Crippen molar-refractivity contribution in [2.75, 3.05) is 39.6 Å². The SMILES string of the molecule is CCCCCCCCCCCCCCCCCCCCCCCCC(=O)O[C@H](COC(=O)CCCCCCCCCCCCCCCCC)COP(=O)(O)OC[C@@H](O)COP(=O)(O)OC[C@@H](COC(=O)CCCCCCCCCC)OC(=O)CCCCCCCCCCC(C)C. The van der Waals surface area contributed by atoms with Crippen LogP contribution in [0.3, 0.4) is 0 Å². The van der Waals surface area contributed by atoms with Gasteiger partial charge >= 0.3 is 39.5 Å². The van der Waals surface area contributed by atoms with E-state index in [1.165, 1.54) is 225 Å². The van der Waals surface area contributed by atoms with Crippen LogP contribution in [-0.2, 0) is 65.4 Å². The number of unbranched alkanes of at least 4 members (excludes halogenated alkanes) is 49. The van der Waals surface area contributed by atoms with Gasteiger partial charge in [0.25, 0.3) is 0 Å².